The summed E-state index contributed by atoms with van der Waals surface area (Å²) in [4.78, 5) is 12.1. The van der Waals surface area contributed by atoms with Crippen molar-refractivity contribution < 1.29 is 4.79 Å². The van der Waals surface area contributed by atoms with Gasteiger partial charge in [-0.1, -0.05) is 37.3 Å². The molecule has 1 aromatic carbocycles. The molecule has 1 unspecified atom stereocenters. The number of rotatable bonds is 6. The molecule has 2 rings (SSSR count). The van der Waals surface area contributed by atoms with Gasteiger partial charge in [0, 0.05) is 25.4 Å². The summed E-state index contributed by atoms with van der Waals surface area (Å²) in [5.74, 6) is -0.0481. The van der Waals surface area contributed by atoms with E-state index in [2.05, 4.69) is 30.0 Å². The average Bonchev–Trinajstić information content (AvgIpc) is 2.85. The number of nitrogens with one attached hydrogen (secondary N) is 1. The molecule has 2 aromatic rings. The molecular formula is C16H21N3OS. The van der Waals surface area contributed by atoms with Gasteiger partial charge in [0.2, 0.25) is 5.91 Å². The Kier molecular flexibility index (Phi) is 5.44. The number of aromatic nitrogens is 2. The molecule has 0 aliphatic carbocycles. The fraction of sp³-hybridized carbons (Fsp3) is 0.375. The number of carbonyl (C=O) groups is 1. The van der Waals surface area contributed by atoms with Gasteiger partial charge in [-0.3, -0.25) is 9.48 Å². The Bertz CT molecular complexity index is 595. The second kappa shape index (κ2) is 7.31. The van der Waals surface area contributed by atoms with Gasteiger partial charge in [0.25, 0.3) is 0 Å². The Balaban J connectivity index is 1.89. The Labute approximate surface area is 131 Å². The summed E-state index contributed by atoms with van der Waals surface area (Å²) in [6, 6.07) is 9.92. The Morgan fingerprint density at radius 3 is 2.76 bits per heavy atom. The number of hydrogen-bond donors (Lipinski definition) is 2. The van der Waals surface area contributed by atoms with Crippen molar-refractivity contribution in [2.24, 2.45) is 7.05 Å². The highest BCUT2D eigenvalue weighted by molar-refractivity contribution is 7.81. The average molecular weight is 303 g/mol. The van der Waals surface area contributed by atoms with Crippen LogP contribution in [-0.2, 0) is 31.2 Å². The number of aryl methyl sites for hydroxylation is 2. The summed E-state index contributed by atoms with van der Waals surface area (Å²) >= 11 is 4.40. The molecule has 112 valence electrons. The SMILES string of the molecule is CCc1nn(C)cc1CNC(=O)C(S)Cc1ccccc1. The number of nitrogens with zero attached hydrogens (tertiary/aromatic N) is 2. The number of benzene rings is 1. The third-order valence-corrected chi connectivity index (χ3v) is 3.77. The van der Waals surface area contributed by atoms with Gasteiger partial charge in [0.1, 0.15) is 0 Å². The van der Waals surface area contributed by atoms with Crippen molar-refractivity contribution in [1.82, 2.24) is 15.1 Å². The summed E-state index contributed by atoms with van der Waals surface area (Å²) in [7, 11) is 1.89. The van der Waals surface area contributed by atoms with Gasteiger partial charge >= 0.3 is 0 Å². The number of carbonyl (C=O) groups excluding carboxylic acids is 1. The second-order valence-corrected chi connectivity index (χ2v) is 5.67. The molecule has 1 heterocycles. The van der Waals surface area contributed by atoms with Crippen LogP contribution in [-0.4, -0.2) is 20.9 Å². The van der Waals surface area contributed by atoms with Crippen molar-refractivity contribution in [2.45, 2.75) is 31.6 Å². The van der Waals surface area contributed by atoms with Gasteiger partial charge in [-0.15, -0.1) is 0 Å². The Hall–Kier alpha value is -1.75. The van der Waals surface area contributed by atoms with E-state index in [4.69, 9.17) is 0 Å². The quantitative estimate of drug-likeness (QED) is 0.803. The molecule has 4 nitrogen and oxygen atoms in total. The molecule has 0 saturated carbocycles. The maximum absolute atomic E-state index is 12.1. The monoisotopic (exact) mass is 303 g/mol. The molecule has 0 aliphatic rings. The first-order valence-corrected chi connectivity index (χ1v) is 7.63. The van der Waals surface area contributed by atoms with Crippen LogP contribution in [0.25, 0.3) is 0 Å². The zero-order valence-corrected chi connectivity index (χ0v) is 13.3. The molecule has 21 heavy (non-hydrogen) atoms. The van der Waals surface area contributed by atoms with Crippen LogP contribution in [0.4, 0.5) is 0 Å². The molecule has 1 amide bonds. The summed E-state index contributed by atoms with van der Waals surface area (Å²) < 4.78 is 1.78. The van der Waals surface area contributed by atoms with Gasteiger partial charge < -0.3 is 5.32 Å². The third kappa shape index (κ3) is 4.36. The molecule has 1 atom stereocenters. The van der Waals surface area contributed by atoms with Crippen LogP contribution in [0.1, 0.15) is 23.7 Å². The lowest BCUT2D eigenvalue weighted by Crippen LogP contribution is -2.32. The first-order chi connectivity index (χ1) is 10.1. The van der Waals surface area contributed by atoms with E-state index in [-0.39, 0.29) is 11.2 Å². The lowest BCUT2D eigenvalue weighted by molar-refractivity contribution is -0.120. The van der Waals surface area contributed by atoms with E-state index in [1.807, 2.05) is 43.6 Å². The highest BCUT2D eigenvalue weighted by Gasteiger charge is 2.15. The molecule has 0 bridgehead atoms. The summed E-state index contributed by atoms with van der Waals surface area (Å²) in [5, 5.41) is 6.97. The summed E-state index contributed by atoms with van der Waals surface area (Å²) in [6.07, 6.45) is 3.44. The first kappa shape index (κ1) is 15.6. The van der Waals surface area contributed by atoms with E-state index in [1.165, 1.54) is 0 Å². The largest absolute Gasteiger partial charge is 0.351 e. The van der Waals surface area contributed by atoms with E-state index in [9.17, 15) is 4.79 Å². The van der Waals surface area contributed by atoms with Crippen molar-refractivity contribution in [3.8, 4) is 0 Å². The van der Waals surface area contributed by atoms with Crippen molar-refractivity contribution in [1.29, 1.82) is 0 Å². The van der Waals surface area contributed by atoms with Crippen LogP contribution < -0.4 is 5.32 Å². The van der Waals surface area contributed by atoms with E-state index in [0.717, 1.165) is 23.2 Å². The maximum atomic E-state index is 12.1. The lowest BCUT2D eigenvalue weighted by Gasteiger charge is -2.11. The van der Waals surface area contributed by atoms with Crippen molar-refractivity contribution in [3.05, 3.63) is 53.3 Å². The Morgan fingerprint density at radius 1 is 1.38 bits per heavy atom. The minimum absolute atomic E-state index is 0.0481. The minimum atomic E-state index is -0.339. The number of thiol groups is 1. The standard InChI is InChI=1S/C16H21N3OS/c1-3-14-13(11-19(2)18-14)10-17-16(20)15(21)9-12-7-5-4-6-8-12/h4-8,11,15,21H,3,9-10H2,1-2H3,(H,17,20). The Morgan fingerprint density at radius 2 is 2.10 bits per heavy atom. The van der Waals surface area contributed by atoms with Crippen LogP contribution in [0.5, 0.6) is 0 Å². The molecule has 0 aliphatic heterocycles. The van der Waals surface area contributed by atoms with Gasteiger partial charge in [0.05, 0.1) is 10.9 Å². The smallest absolute Gasteiger partial charge is 0.233 e. The minimum Gasteiger partial charge on any atom is -0.351 e. The molecule has 0 saturated heterocycles. The van der Waals surface area contributed by atoms with Crippen molar-refractivity contribution in [3.63, 3.8) is 0 Å². The topological polar surface area (TPSA) is 46.9 Å². The third-order valence-electron chi connectivity index (χ3n) is 3.35. The highest BCUT2D eigenvalue weighted by Crippen LogP contribution is 2.10. The van der Waals surface area contributed by atoms with Gasteiger partial charge in [-0.25, -0.2) is 0 Å². The predicted octanol–water partition coefficient (Wildman–Crippen LogP) is 2.14. The normalized spacial score (nSPS) is 12.1. The molecule has 0 radical (unpaired) electrons. The van der Waals surface area contributed by atoms with E-state index in [1.54, 1.807) is 4.68 Å². The van der Waals surface area contributed by atoms with Crippen LogP contribution in [0, 0.1) is 0 Å². The fourth-order valence-corrected chi connectivity index (χ4v) is 2.56. The summed E-state index contributed by atoms with van der Waals surface area (Å²) in [6.45, 7) is 2.56. The van der Waals surface area contributed by atoms with Gasteiger partial charge in [-0.2, -0.15) is 17.7 Å². The molecule has 1 N–H and O–H groups in total. The molecule has 1 aromatic heterocycles. The van der Waals surface area contributed by atoms with E-state index >= 15 is 0 Å². The molecule has 0 fully saturated rings. The van der Waals surface area contributed by atoms with Crippen molar-refractivity contribution in [2.75, 3.05) is 0 Å². The van der Waals surface area contributed by atoms with Gasteiger partial charge in [0.15, 0.2) is 0 Å². The summed E-state index contributed by atoms with van der Waals surface area (Å²) in [5.41, 5.74) is 3.20. The highest BCUT2D eigenvalue weighted by atomic mass is 32.1. The van der Waals surface area contributed by atoms with Crippen LogP contribution >= 0.6 is 12.6 Å². The first-order valence-electron chi connectivity index (χ1n) is 7.11. The van der Waals surface area contributed by atoms with E-state index in [0.29, 0.717) is 13.0 Å². The van der Waals surface area contributed by atoms with E-state index < -0.39 is 0 Å². The molecule has 0 spiro atoms. The maximum Gasteiger partial charge on any atom is 0.233 e. The van der Waals surface area contributed by atoms with Crippen LogP contribution in [0.15, 0.2) is 36.5 Å². The second-order valence-electron chi connectivity index (χ2n) is 5.05. The van der Waals surface area contributed by atoms with Crippen LogP contribution in [0.3, 0.4) is 0 Å². The lowest BCUT2D eigenvalue weighted by atomic mass is 10.1. The zero-order valence-electron chi connectivity index (χ0n) is 12.4. The number of hydrogen-bond acceptors (Lipinski definition) is 3. The number of amides is 1. The molecular weight excluding hydrogens is 282 g/mol. The fourth-order valence-electron chi connectivity index (χ4n) is 2.26. The zero-order chi connectivity index (χ0) is 15.2. The van der Waals surface area contributed by atoms with Gasteiger partial charge in [-0.05, 0) is 18.4 Å². The van der Waals surface area contributed by atoms with Crippen molar-refractivity contribution >= 4 is 18.5 Å². The van der Waals surface area contributed by atoms with Crippen LogP contribution in [0.2, 0.25) is 0 Å². The predicted molar refractivity (Wildman–Crippen MR) is 87.4 cm³/mol. The molecule has 5 heteroatoms.